The van der Waals surface area contributed by atoms with Gasteiger partial charge in [0, 0.05) is 32.1 Å². The predicted molar refractivity (Wildman–Crippen MR) is 99.6 cm³/mol. The Morgan fingerprint density at radius 3 is 2.43 bits per heavy atom. The first-order valence-electron chi connectivity index (χ1n) is 9.05. The smallest absolute Gasteiger partial charge is 0.338 e. The normalized spacial score (nSPS) is 13.8. The fraction of sp³-hybridized carbons (Fsp3) is 0.333. The van der Waals surface area contributed by atoms with E-state index < -0.39 is 11.7 Å². The molecule has 1 aliphatic rings. The van der Waals surface area contributed by atoms with Crippen molar-refractivity contribution in [2.45, 2.75) is 38.9 Å². The molecule has 0 saturated heterocycles. The van der Waals surface area contributed by atoms with Gasteiger partial charge in [-0.15, -0.1) is 0 Å². The molecule has 0 unspecified atom stereocenters. The van der Waals surface area contributed by atoms with Gasteiger partial charge in [-0.3, -0.25) is 9.59 Å². The number of carbonyl (C=O) groups is 2. The molecule has 7 heteroatoms. The molecule has 28 heavy (non-hydrogen) atoms. The molecule has 0 aliphatic carbocycles. The van der Waals surface area contributed by atoms with Gasteiger partial charge in [-0.1, -0.05) is 18.2 Å². The van der Waals surface area contributed by atoms with E-state index >= 15 is 0 Å². The van der Waals surface area contributed by atoms with E-state index in [0.717, 1.165) is 24.1 Å². The topological polar surface area (TPSA) is 49.4 Å². The maximum absolute atomic E-state index is 12.6. The van der Waals surface area contributed by atoms with Gasteiger partial charge in [0.1, 0.15) is 0 Å². The number of aryl methyl sites for hydroxylation is 1. The Morgan fingerprint density at radius 2 is 1.79 bits per heavy atom. The summed E-state index contributed by atoms with van der Waals surface area (Å²) in [7, 11) is 0. The van der Waals surface area contributed by atoms with E-state index in [1.54, 1.807) is 4.90 Å². The molecule has 1 N–H and O–H groups in total. The minimum absolute atomic E-state index is 0.0247. The Morgan fingerprint density at radius 1 is 1.07 bits per heavy atom. The number of fused-ring (bicyclic) bond motifs is 1. The lowest BCUT2D eigenvalue weighted by Crippen LogP contribution is -2.34. The van der Waals surface area contributed by atoms with Crippen LogP contribution in [0.25, 0.3) is 0 Å². The first kappa shape index (κ1) is 19.9. The molecule has 0 fully saturated rings. The lowest BCUT2D eigenvalue weighted by atomic mass is 9.99. The minimum Gasteiger partial charge on any atom is -0.338 e. The number of rotatable bonds is 4. The second-order valence-corrected chi connectivity index (χ2v) is 6.92. The summed E-state index contributed by atoms with van der Waals surface area (Å²) in [6.45, 7) is 2.76. The average molecular weight is 390 g/mol. The monoisotopic (exact) mass is 390 g/mol. The van der Waals surface area contributed by atoms with Crippen molar-refractivity contribution in [3.05, 3.63) is 64.7 Å². The third kappa shape index (κ3) is 4.91. The van der Waals surface area contributed by atoms with E-state index in [-0.39, 0.29) is 18.2 Å². The van der Waals surface area contributed by atoms with Gasteiger partial charge in [0.2, 0.25) is 11.8 Å². The van der Waals surface area contributed by atoms with Crippen molar-refractivity contribution in [3.63, 3.8) is 0 Å². The molecule has 0 aromatic heterocycles. The second kappa shape index (κ2) is 8.04. The minimum atomic E-state index is -4.36. The van der Waals surface area contributed by atoms with Crippen LogP contribution in [0.2, 0.25) is 0 Å². The molecular formula is C21H21F3N2O2. The van der Waals surface area contributed by atoms with Gasteiger partial charge in [0.25, 0.3) is 0 Å². The summed E-state index contributed by atoms with van der Waals surface area (Å²) in [6.07, 6.45) is -3.05. The van der Waals surface area contributed by atoms with Crippen molar-refractivity contribution in [2.24, 2.45) is 0 Å². The Bertz CT molecular complexity index is 876. The van der Waals surface area contributed by atoms with E-state index in [1.165, 1.54) is 24.6 Å². The number of anilines is 1. The van der Waals surface area contributed by atoms with Crippen LogP contribution in [0, 0.1) is 0 Å². The fourth-order valence-electron chi connectivity index (χ4n) is 3.25. The number of alkyl halides is 3. The maximum atomic E-state index is 12.6. The summed E-state index contributed by atoms with van der Waals surface area (Å²) < 4.78 is 37.7. The van der Waals surface area contributed by atoms with Crippen molar-refractivity contribution in [1.82, 2.24) is 4.90 Å². The highest BCUT2D eigenvalue weighted by molar-refractivity contribution is 5.91. The quantitative estimate of drug-likeness (QED) is 0.851. The molecule has 3 rings (SSSR count). The summed E-state index contributed by atoms with van der Waals surface area (Å²) in [5.74, 6) is -0.185. The Balaban J connectivity index is 1.57. The number of hydrogen-bond acceptors (Lipinski definition) is 2. The van der Waals surface area contributed by atoms with E-state index in [1.807, 2.05) is 18.2 Å². The zero-order valence-electron chi connectivity index (χ0n) is 15.5. The van der Waals surface area contributed by atoms with E-state index in [4.69, 9.17) is 0 Å². The van der Waals surface area contributed by atoms with Crippen molar-refractivity contribution in [1.29, 1.82) is 0 Å². The van der Waals surface area contributed by atoms with Crippen LogP contribution in [0.4, 0.5) is 18.9 Å². The summed E-state index contributed by atoms with van der Waals surface area (Å²) in [4.78, 5) is 25.5. The molecule has 0 spiro atoms. The van der Waals surface area contributed by atoms with Crippen molar-refractivity contribution in [2.75, 3.05) is 11.9 Å². The van der Waals surface area contributed by atoms with Gasteiger partial charge in [-0.25, -0.2) is 0 Å². The molecule has 1 heterocycles. The van der Waals surface area contributed by atoms with Gasteiger partial charge in [-0.05, 0) is 53.8 Å². The van der Waals surface area contributed by atoms with Crippen LogP contribution in [-0.4, -0.2) is 23.3 Å². The largest absolute Gasteiger partial charge is 0.416 e. The molecule has 1 aliphatic heterocycles. The molecule has 2 aromatic carbocycles. The zero-order valence-corrected chi connectivity index (χ0v) is 15.5. The first-order chi connectivity index (χ1) is 13.2. The Hall–Kier alpha value is -2.83. The number of nitrogens with zero attached hydrogens (tertiary/aromatic N) is 1. The Labute approximate surface area is 161 Å². The van der Waals surface area contributed by atoms with Crippen LogP contribution in [-0.2, 0) is 35.2 Å². The molecule has 4 nitrogen and oxygen atoms in total. The standard InChI is InChI=1S/C21H21F3N2O2/c1-14(27)26-11-10-16-5-8-19(12-17(16)13-26)25-20(28)9-4-15-2-6-18(7-3-15)21(22,23)24/h2-3,5-8,12H,4,9-11,13H2,1H3,(H,25,28). The zero-order chi connectivity index (χ0) is 20.3. The molecule has 0 atom stereocenters. The van der Waals surface area contributed by atoms with E-state index in [0.29, 0.717) is 30.8 Å². The summed E-state index contributed by atoms with van der Waals surface area (Å²) in [6, 6.07) is 10.5. The number of hydrogen-bond donors (Lipinski definition) is 1. The van der Waals surface area contributed by atoms with Gasteiger partial charge in [-0.2, -0.15) is 13.2 Å². The molecule has 0 saturated carbocycles. The van der Waals surface area contributed by atoms with Gasteiger partial charge >= 0.3 is 6.18 Å². The third-order valence-corrected chi connectivity index (χ3v) is 4.87. The number of halogens is 3. The lowest BCUT2D eigenvalue weighted by molar-refractivity contribution is -0.137. The van der Waals surface area contributed by atoms with Crippen molar-refractivity contribution >= 4 is 17.5 Å². The van der Waals surface area contributed by atoms with Gasteiger partial charge in [0.05, 0.1) is 5.56 Å². The molecule has 2 amide bonds. The number of carbonyl (C=O) groups excluding carboxylic acids is 2. The van der Waals surface area contributed by atoms with Crippen LogP contribution in [0.15, 0.2) is 42.5 Å². The van der Waals surface area contributed by atoms with Crippen molar-refractivity contribution < 1.29 is 22.8 Å². The maximum Gasteiger partial charge on any atom is 0.416 e. The number of nitrogens with one attached hydrogen (secondary N) is 1. The Kier molecular flexibility index (Phi) is 5.72. The van der Waals surface area contributed by atoms with Crippen molar-refractivity contribution in [3.8, 4) is 0 Å². The molecule has 2 aromatic rings. The fourth-order valence-corrected chi connectivity index (χ4v) is 3.25. The SMILES string of the molecule is CC(=O)N1CCc2ccc(NC(=O)CCc3ccc(C(F)(F)F)cc3)cc2C1. The van der Waals surface area contributed by atoms with Gasteiger partial charge in [0.15, 0.2) is 0 Å². The summed E-state index contributed by atoms with van der Waals surface area (Å²) in [5, 5.41) is 2.82. The number of benzene rings is 2. The van der Waals surface area contributed by atoms with Crippen LogP contribution in [0.5, 0.6) is 0 Å². The predicted octanol–water partition coefficient (Wildman–Crippen LogP) is 4.18. The lowest BCUT2D eigenvalue weighted by Gasteiger charge is -2.28. The second-order valence-electron chi connectivity index (χ2n) is 6.92. The first-order valence-corrected chi connectivity index (χ1v) is 9.05. The van der Waals surface area contributed by atoms with E-state index in [2.05, 4.69) is 5.32 Å². The molecule has 0 bridgehead atoms. The average Bonchev–Trinajstić information content (AvgIpc) is 2.65. The van der Waals surface area contributed by atoms with Crippen LogP contribution < -0.4 is 5.32 Å². The van der Waals surface area contributed by atoms with Crippen LogP contribution in [0.3, 0.4) is 0 Å². The highest BCUT2D eigenvalue weighted by atomic mass is 19.4. The summed E-state index contributed by atoms with van der Waals surface area (Å²) in [5.41, 5.74) is 2.81. The van der Waals surface area contributed by atoms with Crippen LogP contribution in [0.1, 0.15) is 35.6 Å². The highest BCUT2D eigenvalue weighted by Gasteiger charge is 2.29. The van der Waals surface area contributed by atoms with Crippen LogP contribution >= 0.6 is 0 Å². The highest BCUT2D eigenvalue weighted by Crippen LogP contribution is 2.29. The van der Waals surface area contributed by atoms with E-state index in [9.17, 15) is 22.8 Å². The molecular weight excluding hydrogens is 369 g/mol. The third-order valence-electron chi connectivity index (χ3n) is 4.87. The molecule has 148 valence electrons. The molecule has 0 radical (unpaired) electrons. The van der Waals surface area contributed by atoms with Gasteiger partial charge < -0.3 is 10.2 Å². The summed E-state index contributed by atoms with van der Waals surface area (Å²) >= 11 is 0. The number of amides is 2.